The lowest BCUT2D eigenvalue weighted by molar-refractivity contribution is -0.134. The van der Waals surface area contributed by atoms with E-state index in [1.807, 2.05) is 0 Å². The van der Waals surface area contributed by atoms with Crippen molar-refractivity contribution in [2.24, 2.45) is 0 Å². The molecular weight excluding hydrogens is 254 g/mol. The lowest BCUT2D eigenvalue weighted by Crippen LogP contribution is -2.50. The Balaban J connectivity index is 0.00000108. The maximum atomic E-state index is 11.0. The second kappa shape index (κ2) is 5.27. The second-order valence-electron chi connectivity index (χ2n) is 4.98. The van der Waals surface area contributed by atoms with Gasteiger partial charge in [0.1, 0.15) is 5.72 Å². The fourth-order valence-corrected chi connectivity index (χ4v) is 4.10. The average Bonchev–Trinajstić information content (AvgIpc) is 2.80. The van der Waals surface area contributed by atoms with Crippen molar-refractivity contribution in [3.05, 3.63) is 21.9 Å². The highest BCUT2D eigenvalue weighted by atomic mass is 35.5. The number of aryl methyl sites for hydroxylation is 1. The van der Waals surface area contributed by atoms with Crippen molar-refractivity contribution >= 4 is 23.7 Å². The Hall–Kier alpha value is -0.0900. The predicted molar refractivity (Wildman–Crippen MR) is 73.8 cm³/mol. The SMILES string of the molecule is Cl.OC1(N2CCCCC2)CCCc2sccc21. The zero-order valence-corrected chi connectivity index (χ0v) is 11.7. The summed E-state index contributed by atoms with van der Waals surface area (Å²) in [5.74, 6) is 0. The first-order valence-corrected chi connectivity index (χ1v) is 7.23. The Morgan fingerprint density at radius 2 is 1.94 bits per heavy atom. The monoisotopic (exact) mass is 273 g/mol. The van der Waals surface area contributed by atoms with E-state index in [-0.39, 0.29) is 12.4 Å². The van der Waals surface area contributed by atoms with E-state index in [2.05, 4.69) is 16.3 Å². The molecule has 2 heterocycles. The number of fused-ring (bicyclic) bond motifs is 1. The Morgan fingerprint density at radius 3 is 2.71 bits per heavy atom. The maximum Gasteiger partial charge on any atom is 0.145 e. The minimum Gasteiger partial charge on any atom is -0.371 e. The van der Waals surface area contributed by atoms with Crippen LogP contribution in [0.1, 0.15) is 42.5 Å². The highest BCUT2D eigenvalue weighted by Crippen LogP contribution is 2.41. The molecule has 2 aliphatic rings. The van der Waals surface area contributed by atoms with Crippen LogP contribution in [0.15, 0.2) is 11.4 Å². The third-order valence-electron chi connectivity index (χ3n) is 3.99. The van der Waals surface area contributed by atoms with Crippen LogP contribution in [0.3, 0.4) is 0 Å². The molecule has 0 amide bonds. The van der Waals surface area contributed by atoms with Gasteiger partial charge in [-0.3, -0.25) is 4.90 Å². The normalized spacial score (nSPS) is 29.5. The van der Waals surface area contributed by atoms with Crippen LogP contribution in [0.4, 0.5) is 0 Å². The molecular formula is C13H20ClNOS. The largest absolute Gasteiger partial charge is 0.371 e. The van der Waals surface area contributed by atoms with E-state index in [0.29, 0.717) is 0 Å². The summed E-state index contributed by atoms with van der Waals surface area (Å²) in [5.41, 5.74) is 0.555. The van der Waals surface area contributed by atoms with Gasteiger partial charge in [-0.05, 0) is 43.6 Å². The van der Waals surface area contributed by atoms with Gasteiger partial charge in [-0.15, -0.1) is 23.7 Å². The summed E-state index contributed by atoms with van der Waals surface area (Å²) >= 11 is 1.80. The summed E-state index contributed by atoms with van der Waals surface area (Å²) in [5, 5.41) is 13.1. The quantitative estimate of drug-likeness (QED) is 0.850. The number of hydrogen-bond acceptors (Lipinski definition) is 3. The summed E-state index contributed by atoms with van der Waals surface area (Å²) < 4.78 is 0. The van der Waals surface area contributed by atoms with Crippen LogP contribution in [0.2, 0.25) is 0 Å². The Kier molecular flexibility index (Phi) is 4.14. The molecule has 0 bridgehead atoms. The zero-order chi connectivity index (χ0) is 11.0. The number of halogens is 1. The van der Waals surface area contributed by atoms with Crippen LogP contribution in [0.5, 0.6) is 0 Å². The van der Waals surface area contributed by atoms with Gasteiger partial charge in [-0.2, -0.15) is 0 Å². The van der Waals surface area contributed by atoms with Crippen molar-refractivity contribution in [1.82, 2.24) is 4.90 Å². The molecule has 0 radical (unpaired) electrons. The second-order valence-corrected chi connectivity index (χ2v) is 5.98. The van der Waals surface area contributed by atoms with Crippen LogP contribution < -0.4 is 0 Å². The number of hydrogen-bond donors (Lipinski definition) is 1. The average molecular weight is 274 g/mol. The molecule has 1 aliphatic carbocycles. The van der Waals surface area contributed by atoms with Gasteiger partial charge in [-0.1, -0.05) is 6.42 Å². The molecule has 1 N–H and O–H groups in total. The van der Waals surface area contributed by atoms with Gasteiger partial charge in [0.05, 0.1) is 0 Å². The molecule has 1 aliphatic heterocycles. The summed E-state index contributed by atoms with van der Waals surface area (Å²) in [6.45, 7) is 2.12. The molecule has 2 nitrogen and oxygen atoms in total. The number of nitrogens with zero attached hydrogens (tertiary/aromatic N) is 1. The third-order valence-corrected chi connectivity index (χ3v) is 4.97. The molecule has 1 unspecified atom stereocenters. The summed E-state index contributed by atoms with van der Waals surface area (Å²) in [7, 11) is 0. The van der Waals surface area contributed by atoms with E-state index < -0.39 is 5.72 Å². The number of aliphatic hydroxyl groups is 1. The van der Waals surface area contributed by atoms with Gasteiger partial charge < -0.3 is 5.11 Å². The standard InChI is InChI=1S/C13H19NOS.ClH/c15-13(14-8-2-1-3-9-14)7-4-5-12-11(13)6-10-16-12;/h6,10,15H,1-5,7-9H2;1H. The fourth-order valence-electron chi connectivity index (χ4n) is 3.11. The van der Waals surface area contributed by atoms with Gasteiger partial charge in [-0.25, -0.2) is 0 Å². The summed E-state index contributed by atoms with van der Waals surface area (Å²) in [6, 6.07) is 2.13. The van der Waals surface area contributed by atoms with E-state index in [1.54, 1.807) is 11.3 Å². The summed E-state index contributed by atoms with van der Waals surface area (Å²) in [6.07, 6.45) is 6.99. The van der Waals surface area contributed by atoms with E-state index in [4.69, 9.17) is 0 Å². The van der Waals surface area contributed by atoms with Crippen molar-refractivity contribution in [3.8, 4) is 0 Å². The first kappa shape index (κ1) is 13.3. The molecule has 1 fully saturated rings. The number of rotatable bonds is 1. The Morgan fingerprint density at radius 1 is 1.18 bits per heavy atom. The smallest absolute Gasteiger partial charge is 0.145 e. The van der Waals surface area contributed by atoms with Crippen LogP contribution >= 0.6 is 23.7 Å². The van der Waals surface area contributed by atoms with E-state index >= 15 is 0 Å². The van der Waals surface area contributed by atoms with Crippen molar-refractivity contribution < 1.29 is 5.11 Å². The van der Waals surface area contributed by atoms with Crippen molar-refractivity contribution in [2.75, 3.05) is 13.1 Å². The highest BCUT2D eigenvalue weighted by Gasteiger charge is 2.40. The van der Waals surface area contributed by atoms with E-state index in [9.17, 15) is 5.11 Å². The minimum atomic E-state index is -0.645. The molecule has 0 saturated carbocycles. The van der Waals surface area contributed by atoms with Crippen molar-refractivity contribution in [1.29, 1.82) is 0 Å². The molecule has 0 spiro atoms. The van der Waals surface area contributed by atoms with Crippen LogP contribution in [-0.4, -0.2) is 23.1 Å². The third kappa shape index (κ3) is 2.26. The Labute approximate surface area is 113 Å². The summed E-state index contributed by atoms with van der Waals surface area (Å²) in [4.78, 5) is 3.71. The molecule has 1 aromatic rings. The van der Waals surface area contributed by atoms with Gasteiger partial charge >= 0.3 is 0 Å². The van der Waals surface area contributed by atoms with Crippen molar-refractivity contribution in [2.45, 2.75) is 44.2 Å². The minimum absolute atomic E-state index is 0. The van der Waals surface area contributed by atoms with Crippen molar-refractivity contribution in [3.63, 3.8) is 0 Å². The molecule has 0 aromatic carbocycles. The van der Waals surface area contributed by atoms with Gasteiger partial charge in [0, 0.05) is 23.5 Å². The van der Waals surface area contributed by atoms with Gasteiger partial charge in [0.2, 0.25) is 0 Å². The first-order valence-electron chi connectivity index (χ1n) is 6.35. The van der Waals surface area contributed by atoms with E-state index in [1.165, 1.54) is 29.7 Å². The molecule has 17 heavy (non-hydrogen) atoms. The molecule has 1 saturated heterocycles. The maximum absolute atomic E-state index is 11.0. The number of likely N-dealkylation sites (tertiary alicyclic amines) is 1. The molecule has 96 valence electrons. The highest BCUT2D eigenvalue weighted by molar-refractivity contribution is 7.10. The van der Waals surface area contributed by atoms with Gasteiger partial charge in [0.25, 0.3) is 0 Å². The van der Waals surface area contributed by atoms with Gasteiger partial charge in [0.15, 0.2) is 0 Å². The number of thiophene rings is 1. The number of piperidine rings is 1. The lowest BCUT2D eigenvalue weighted by atomic mass is 9.87. The van der Waals surface area contributed by atoms with Crippen LogP contribution in [0, 0.1) is 0 Å². The zero-order valence-electron chi connectivity index (χ0n) is 10.0. The molecule has 3 rings (SSSR count). The molecule has 1 aromatic heterocycles. The topological polar surface area (TPSA) is 23.5 Å². The first-order chi connectivity index (χ1) is 7.81. The van der Waals surface area contributed by atoms with E-state index in [0.717, 1.165) is 32.4 Å². The van der Waals surface area contributed by atoms with Crippen LogP contribution in [-0.2, 0) is 12.1 Å². The fraction of sp³-hybridized carbons (Fsp3) is 0.692. The van der Waals surface area contributed by atoms with Crippen LogP contribution in [0.25, 0.3) is 0 Å². The molecule has 4 heteroatoms. The molecule has 1 atom stereocenters. The Bertz CT molecular complexity index is 375. The predicted octanol–water partition coefficient (Wildman–Crippen LogP) is 3.14. The lowest BCUT2D eigenvalue weighted by Gasteiger charge is -2.44.